The van der Waals surface area contributed by atoms with Crippen molar-refractivity contribution in [3.63, 3.8) is 0 Å². The zero-order chi connectivity index (χ0) is 20.4. The monoisotopic (exact) mass is 430 g/mol. The third-order valence-corrected chi connectivity index (χ3v) is 9.04. The average molecular weight is 431 g/mol. The van der Waals surface area contributed by atoms with Gasteiger partial charge in [0.15, 0.2) is 0 Å². The summed E-state index contributed by atoms with van der Waals surface area (Å²) in [5.74, 6) is -0.179. The molecule has 2 aliphatic heterocycles. The first kappa shape index (κ1) is 20.3. The maximum absolute atomic E-state index is 13.1. The van der Waals surface area contributed by atoms with Crippen LogP contribution in [-0.2, 0) is 14.8 Å². The second-order valence-corrected chi connectivity index (χ2v) is 11.1. The highest BCUT2D eigenvalue weighted by Crippen LogP contribution is 2.30. The van der Waals surface area contributed by atoms with Gasteiger partial charge >= 0.3 is 0 Å². The van der Waals surface area contributed by atoms with Crippen LogP contribution in [0.5, 0.6) is 0 Å². The van der Waals surface area contributed by atoms with Gasteiger partial charge in [0.2, 0.25) is 5.91 Å². The van der Waals surface area contributed by atoms with Crippen LogP contribution in [0.25, 0.3) is 5.57 Å². The van der Waals surface area contributed by atoms with Crippen molar-refractivity contribution >= 4 is 32.8 Å². The lowest BCUT2D eigenvalue weighted by atomic mass is 9.95. The third-order valence-electron chi connectivity index (χ3n) is 5.71. The molecule has 1 aromatic carbocycles. The molecule has 7 heteroatoms. The standard InChI is InChI=1S/C22H26N2O3S2/c1-17-9-10-21(28-17)29(26,27)24-13-5-8-20(16-24)22(25)23-14-11-19(12-15-23)18-6-3-2-4-7-18/h2-4,6-7,9-11,20H,5,8,12-16H2,1H3/t20-/m0/s1. The van der Waals surface area contributed by atoms with Crippen molar-refractivity contribution in [3.8, 4) is 0 Å². The molecule has 154 valence electrons. The molecule has 0 bridgehead atoms. The van der Waals surface area contributed by atoms with Crippen molar-refractivity contribution in [1.29, 1.82) is 0 Å². The smallest absolute Gasteiger partial charge is 0.252 e. The van der Waals surface area contributed by atoms with E-state index in [2.05, 4.69) is 18.2 Å². The fourth-order valence-electron chi connectivity index (χ4n) is 4.08. The Balaban J connectivity index is 1.42. The normalized spacial score (nSPS) is 21.1. The predicted octanol–water partition coefficient (Wildman–Crippen LogP) is 3.77. The summed E-state index contributed by atoms with van der Waals surface area (Å²) in [5.41, 5.74) is 2.48. The summed E-state index contributed by atoms with van der Waals surface area (Å²) in [5, 5.41) is 0. The molecule has 1 aromatic heterocycles. The molecule has 1 amide bonds. The lowest BCUT2D eigenvalue weighted by Gasteiger charge is -2.35. The average Bonchev–Trinajstić information content (AvgIpc) is 3.21. The first-order valence-corrected chi connectivity index (χ1v) is 12.3. The number of benzene rings is 1. The Bertz CT molecular complexity index is 1010. The van der Waals surface area contributed by atoms with E-state index in [1.807, 2.05) is 36.1 Å². The number of amides is 1. The molecular weight excluding hydrogens is 404 g/mol. The highest BCUT2D eigenvalue weighted by atomic mass is 32.2. The van der Waals surface area contributed by atoms with E-state index in [0.717, 1.165) is 24.1 Å². The van der Waals surface area contributed by atoms with Crippen molar-refractivity contribution in [2.45, 2.75) is 30.4 Å². The quantitative estimate of drug-likeness (QED) is 0.742. The van der Waals surface area contributed by atoms with Crippen LogP contribution in [0.4, 0.5) is 0 Å². The fourth-order valence-corrected chi connectivity index (χ4v) is 7.04. The van der Waals surface area contributed by atoms with Gasteiger partial charge in [-0.15, -0.1) is 11.3 Å². The lowest BCUT2D eigenvalue weighted by molar-refractivity contribution is -0.136. The van der Waals surface area contributed by atoms with Crippen LogP contribution in [0.1, 0.15) is 29.7 Å². The number of carbonyl (C=O) groups excluding carboxylic acids is 1. The Hall–Kier alpha value is -1.96. The van der Waals surface area contributed by atoms with Crippen LogP contribution in [0, 0.1) is 12.8 Å². The fraction of sp³-hybridized carbons (Fsp3) is 0.409. The number of sulfonamides is 1. The highest BCUT2D eigenvalue weighted by molar-refractivity contribution is 7.91. The van der Waals surface area contributed by atoms with E-state index in [1.165, 1.54) is 26.8 Å². The Morgan fingerprint density at radius 2 is 1.90 bits per heavy atom. The summed E-state index contributed by atoms with van der Waals surface area (Å²) >= 11 is 1.29. The lowest BCUT2D eigenvalue weighted by Crippen LogP contribution is -2.47. The van der Waals surface area contributed by atoms with Gasteiger partial charge in [-0.05, 0) is 49.5 Å². The van der Waals surface area contributed by atoms with Crippen molar-refractivity contribution < 1.29 is 13.2 Å². The zero-order valence-electron chi connectivity index (χ0n) is 16.6. The summed E-state index contributed by atoms with van der Waals surface area (Å²) in [6.07, 6.45) is 4.43. The summed E-state index contributed by atoms with van der Waals surface area (Å²) in [6, 6.07) is 13.7. The number of hydrogen-bond acceptors (Lipinski definition) is 4. The molecule has 0 saturated carbocycles. The third kappa shape index (κ3) is 4.32. The Labute approximate surface area is 176 Å². The second kappa shape index (κ2) is 8.42. The van der Waals surface area contributed by atoms with Crippen LogP contribution in [0.3, 0.4) is 0 Å². The molecule has 0 aliphatic carbocycles. The van der Waals surface area contributed by atoms with Crippen LogP contribution in [0.2, 0.25) is 0 Å². The van der Waals surface area contributed by atoms with Crippen LogP contribution >= 0.6 is 11.3 Å². The van der Waals surface area contributed by atoms with Gasteiger partial charge in [-0.2, -0.15) is 4.31 Å². The van der Waals surface area contributed by atoms with Crippen LogP contribution in [-0.4, -0.2) is 49.7 Å². The molecule has 3 heterocycles. The largest absolute Gasteiger partial charge is 0.338 e. The molecule has 5 nitrogen and oxygen atoms in total. The van der Waals surface area contributed by atoms with Gasteiger partial charge in [0, 0.05) is 31.1 Å². The van der Waals surface area contributed by atoms with E-state index in [-0.39, 0.29) is 18.4 Å². The molecule has 1 atom stereocenters. The number of rotatable bonds is 4. The van der Waals surface area contributed by atoms with Crippen molar-refractivity contribution in [2.75, 3.05) is 26.2 Å². The van der Waals surface area contributed by atoms with Gasteiger partial charge in [-0.25, -0.2) is 8.42 Å². The van der Waals surface area contributed by atoms with Gasteiger partial charge in [0.05, 0.1) is 5.92 Å². The Morgan fingerprint density at radius 1 is 1.10 bits per heavy atom. The van der Waals surface area contributed by atoms with Gasteiger partial charge in [0.1, 0.15) is 4.21 Å². The van der Waals surface area contributed by atoms with Gasteiger partial charge in [-0.1, -0.05) is 36.4 Å². The molecule has 0 unspecified atom stereocenters. The van der Waals surface area contributed by atoms with E-state index in [0.29, 0.717) is 23.8 Å². The molecule has 2 aliphatic rings. The van der Waals surface area contributed by atoms with Crippen molar-refractivity contribution in [1.82, 2.24) is 9.21 Å². The molecule has 0 radical (unpaired) electrons. The summed E-state index contributed by atoms with van der Waals surface area (Å²) in [4.78, 5) is 15.9. The first-order chi connectivity index (χ1) is 13.9. The van der Waals surface area contributed by atoms with Gasteiger partial charge < -0.3 is 4.90 Å². The molecule has 29 heavy (non-hydrogen) atoms. The number of thiophene rings is 1. The minimum Gasteiger partial charge on any atom is -0.338 e. The van der Waals surface area contributed by atoms with E-state index >= 15 is 0 Å². The number of piperidine rings is 1. The molecule has 0 spiro atoms. The zero-order valence-corrected chi connectivity index (χ0v) is 18.2. The van der Waals surface area contributed by atoms with Crippen LogP contribution < -0.4 is 0 Å². The maximum Gasteiger partial charge on any atom is 0.252 e. The Kier molecular flexibility index (Phi) is 5.90. The van der Waals surface area contributed by atoms with E-state index in [9.17, 15) is 13.2 Å². The first-order valence-electron chi connectivity index (χ1n) is 10.0. The SMILES string of the molecule is Cc1ccc(S(=O)(=O)N2CCC[C@H](C(=O)N3CC=C(c4ccccc4)CC3)C2)s1. The number of aryl methyl sites for hydroxylation is 1. The van der Waals surface area contributed by atoms with Crippen molar-refractivity contribution in [2.24, 2.45) is 5.92 Å². The number of carbonyl (C=O) groups is 1. The highest BCUT2D eigenvalue weighted by Gasteiger charge is 2.35. The second-order valence-electron chi connectivity index (χ2n) is 7.70. The van der Waals surface area contributed by atoms with Gasteiger partial charge in [-0.3, -0.25) is 4.79 Å². The molecule has 1 fully saturated rings. The summed E-state index contributed by atoms with van der Waals surface area (Å²) in [6.45, 7) is 3.95. The van der Waals surface area contributed by atoms with Gasteiger partial charge in [0.25, 0.3) is 10.0 Å². The minimum atomic E-state index is -3.51. The Morgan fingerprint density at radius 3 is 2.55 bits per heavy atom. The topological polar surface area (TPSA) is 57.7 Å². The molecule has 4 rings (SSSR count). The summed E-state index contributed by atoms with van der Waals surface area (Å²) in [7, 11) is -3.51. The van der Waals surface area contributed by atoms with Crippen LogP contribution in [0.15, 0.2) is 52.7 Å². The maximum atomic E-state index is 13.1. The molecule has 1 saturated heterocycles. The molecular formula is C22H26N2O3S2. The van der Waals surface area contributed by atoms with E-state index in [4.69, 9.17) is 0 Å². The number of nitrogens with zero attached hydrogens (tertiary/aromatic N) is 2. The minimum absolute atomic E-state index is 0.0793. The summed E-state index contributed by atoms with van der Waals surface area (Å²) < 4.78 is 27.8. The predicted molar refractivity (Wildman–Crippen MR) is 116 cm³/mol. The van der Waals surface area contributed by atoms with E-state index in [1.54, 1.807) is 6.07 Å². The molecule has 0 N–H and O–H groups in total. The number of hydrogen-bond donors (Lipinski definition) is 0. The van der Waals surface area contributed by atoms with E-state index < -0.39 is 10.0 Å². The molecule has 2 aromatic rings. The van der Waals surface area contributed by atoms with Crippen molar-refractivity contribution in [3.05, 3.63) is 59.0 Å².